The van der Waals surface area contributed by atoms with Gasteiger partial charge in [-0.25, -0.2) is 0 Å². The standard InChI is InChI=1S/C15H17N3O/c16-13-4-5-14-12(8-13)3-6-15(19)18(14)10-11-2-1-7-17-9-11/h1-3,6-7,9,13H,4-5,8,10,16H2/t13-/m1/s1. The Morgan fingerprint density at radius 2 is 2.26 bits per heavy atom. The summed E-state index contributed by atoms with van der Waals surface area (Å²) in [6.45, 7) is 0.588. The van der Waals surface area contributed by atoms with Crippen LogP contribution >= 0.6 is 0 Å². The molecule has 0 amide bonds. The zero-order valence-corrected chi connectivity index (χ0v) is 10.7. The third-order valence-corrected chi connectivity index (χ3v) is 3.69. The van der Waals surface area contributed by atoms with Gasteiger partial charge in [0.15, 0.2) is 0 Å². The van der Waals surface area contributed by atoms with Gasteiger partial charge in [-0.15, -0.1) is 0 Å². The molecule has 4 heteroatoms. The van der Waals surface area contributed by atoms with Crippen LogP contribution in [0, 0.1) is 0 Å². The lowest BCUT2D eigenvalue weighted by atomic mass is 9.92. The molecule has 2 aromatic heterocycles. The van der Waals surface area contributed by atoms with Gasteiger partial charge in [0, 0.05) is 30.2 Å². The molecule has 0 aliphatic heterocycles. The number of fused-ring (bicyclic) bond motifs is 1. The Balaban J connectivity index is 2.01. The van der Waals surface area contributed by atoms with Crippen LogP contribution in [-0.2, 0) is 19.4 Å². The van der Waals surface area contributed by atoms with Crippen LogP contribution in [0.25, 0.3) is 0 Å². The summed E-state index contributed by atoms with van der Waals surface area (Å²) in [5.74, 6) is 0. The van der Waals surface area contributed by atoms with Gasteiger partial charge >= 0.3 is 0 Å². The van der Waals surface area contributed by atoms with Gasteiger partial charge < -0.3 is 10.3 Å². The summed E-state index contributed by atoms with van der Waals surface area (Å²) < 4.78 is 1.86. The van der Waals surface area contributed by atoms with E-state index in [0.29, 0.717) is 6.54 Å². The van der Waals surface area contributed by atoms with Crippen molar-refractivity contribution in [3.8, 4) is 0 Å². The Labute approximate surface area is 111 Å². The fourth-order valence-corrected chi connectivity index (χ4v) is 2.70. The number of rotatable bonds is 2. The fraction of sp³-hybridized carbons (Fsp3) is 0.333. The molecule has 19 heavy (non-hydrogen) atoms. The van der Waals surface area contributed by atoms with Crippen LogP contribution in [0.5, 0.6) is 0 Å². The van der Waals surface area contributed by atoms with E-state index in [4.69, 9.17) is 5.73 Å². The molecule has 1 aliphatic rings. The summed E-state index contributed by atoms with van der Waals surface area (Å²) >= 11 is 0. The molecule has 0 saturated carbocycles. The quantitative estimate of drug-likeness (QED) is 0.874. The minimum Gasteiger partial charge on any atom is -0.327 e. The van der Waals surface area contributed by atoms with Crippen molar-refractivity contribution in [2.75, 3.05) is 0 Å². The highest BCUT2D eigenvalue weighted by Crippen LogP contribution is 2.19. The molecule has 0 saturated heterocycles. The molecule has 0 bridgehead atoms. The fourth-order valence-electron chi connectivity index (χ4n) is 2.70. The minimum atomic E-state index is 0.0538. The average molecular weight is 255 g/mol. The summed E-state index contributed by atoms with van der Waals surface area (Å²) in [7, 11) is 0. The SMILES string of the molecule is N[C@@H]1CCc2c(ccc(=O)n2Cc2cccnc2)C1. The van der Waals surface area contributed by atoms with Crippen LogP contribution in [0.3, 0.4) is 0 Å². The third-order valence-electron chi connectivity index (χ3n) is 3.69. The summed E-state index contributed by atoms with van der Waals surface area (Å²) in [5.41, 5.74) is 9.44. The van der Waals surface area contributed by atoms with Gasteiger partial charge in [0.2, 0.25) is 0 Å². The van der Waals surface area contributed by atoms with Crippen molar-refractivity contribution in [2.24, 2.45) is 5.73 Å². The summed E-state index contributed by atoms with van der Waals surface area (Å²) in [6, 6.07) is 7.68. The van der Waals surface area contributed by atoms with Gasteiger partial charge in [0.25, 0.3) is 5.56 Å². The van der Waals surface area contributed by atoms with Crippen molar-refractivity contribution < 1.29 is 0 Å². The molecule has 1 atom stereocenters. The van der Waals surface area contributed by atoms with E-state index in [0.717, 1.165) is 30.5 Å². The summed E-state index contributed by atoms with van der Waals surface area (Å²) in [5, 5.41) is 0. The lowest BCUT2D eigenvalue weighted by Crippen LogP contribution is -2.33. The van der Waals surface area contributed by atoms with E-state index in [1.807, 2.05) is 22.8 Å². The second-order valence-electron chi connectivity index (χ2n) is 5.09. The maximum Gasteiger partial charge on any atom is 0.251 e. The van der Waals surface area contributed by atoms with Crippen molar-refractivity contribution in [1.29, 1.82) is 0 Å². The van der Waals surface area contributed by atoms with Gasteiger partial charge in [0.1, 0.15) is 0 Å². The highest BCUT2D eigenvalue weighted by atomic mass is 16.1. The predicted octanol–water partition coefficient (Wildman–Crippen LogP) is 1.11. The van der Waals surface area contributed by atoms with E-state index in [1.165, 1.54) is 5.56 Å². The Morgan fingerprint density at radius 1 is 1.37 bits per heavy atom. The number of pyridine rings is 2. The first-order valence-corrected chi connectivity index (χ1v) is 6.60. The molecule has 2 aromatic rings. The molecule has 2 heterocycles. The predicted molar refractivity (Wildman–Crippen MR) is 74.0 cm³/mol. The zero-order valence-electron chi connectivity index (χ0n) is 10.7. The number of hydrogen-bond acceptors (Lipinski definition) is 3. The first-order valence-electron chi connectivity index (χ1n) is 6.60. The molecular weight excluding hydrogens is 238 g/mol. The van der Waals surface area contributed by atoms with Gasteiger partial charge in [-0.3, -0.25) is 9.78 Å². The highest BCUT2D eigenvalue weighted by Gasteiger charge is 2.18. The Kier molecular flexibility index (Phi) is 3.17. The number of nitrogens with two attached hydrogens (primary N) is 1. The first-order chi connectivity index (χ1) is 9.24. The van der Waals surface area contributed by atoms with Crippen LogP contribution in [0.1, 0.15) is 23.2 Å². The lowest BCUT2D eigenvalue weighted by molar-refractivity contribution is 0.536. The topological polar surface area (TPSA) is 60.9 Å². The summed E-state index contributed by atoms with van der Waals surface area (Å²) in [6.07, 6.45) is 6.24. The largest absolute Gasteiger partial charge is 0.327 e. The van der Waals surface area contributed by atoms with Crippen LogP contribution in [-0.4, -0.2) is 15.6 Å². The first kappa shape index (κ1) is 12.1. The molecule has 1 aliphatic carbocycles. The smallest absolute Gasteiger partial charge is 0.251 e. The lowest BCUT2D eigenvalue weighted by Gasteiger charge is -2.24. The summed E-state index contributed by atoms with van der Waals surface area (Å²) in [4.78, 5) is 16.2. The van der Waals surface area contributed by atoms with E-state index < -0.39 is 0 Å². The van der Waals surface area contributed by atoms with Crippen molar-refractivity contribution >= 4 is 0 Å². The van der Waals surface area contributed by atoms with E-state index in [1.54, 1.807) is 18.5 Å². The van der Waals surface area contributed by atoms with Crippen molar-refractivity contribution in [2.45, 2.75) is 31.8 Å². The van der Waals surface area contributed by atoms with Crippen molar-refractivity contribution in [3.05, 3.63) is 63.8 Å². The second kappa shape index (κ2) is 4.97. The molecule has 2 N–H and O–H groups in total. The maximum absolute atomic E-state index is 12.1. The molecule has 0 unspecified atom stereocenters. The van der Waals surface area contributed by atoms with E-state index in [-0.39, 0.29) is 11.6 Å². The van der Waals surface area contributed by atoms with Crippen LogP contribution in [0.2, 0.25) is 0 Å². The van der Waals surface area contributed by atoms with Gasteiger partial charge in [-0.05, 0) is 36.5 Å². The third kappa shape index (κ3) is 2.44. The Hall–Kier alpha value is -1.94. The van der Waals surface area contributed by atoms with E-state index >= 15 is 0 Å². The number of hydrogen-bond donors (Lipinski definition) is 1. The molecule has 0 aromatic carbocycles. The molecule has 98 valence electrons. The second-order valence-corrected chi connectivity index (χ2v) is 5.09. The van der Waals surface area contributed by atoms with E-state index in [9.17, 15) is 4.79 Å². The van der Waals surface area contributed by atoms with E-state index in [2.05, 4.69) is 4.98 Å². The Morgan fingerprint density at radius 3 is 3.05 bits per heavy atom. The number of aromatic nitrogens is 2. The normalized spacial score (nSPS) is 18.1. The van der Waals surface area contributed by atoms with Crippen molar-refractivity contribution in [3.63, 3.8) is 0 Å². The maximum atomic E-state index is 12.1. The molecule has 0 radical (unpaired) electrons. The van der Waals surface area contributed by atoms with Crippen LogP contribution in [0.4, 0.5) is 0 Å². The van der Waals surface area contributed by atoms with Crippen molar-refractivity contribution in [1.82, 2.24) is 9.55 Å². The van der Waals surface area contributed by atoms with Gasteiger partial charge in [-0.1, -0.05) is 12.1 Å². The Bertz CT molecular complexity index is 634. The monoisotopic (exact) mass is 255 g/mol. The average Bonchev–Trinajstić information content (AvgIpc) is 2.43. The molecular formula is C15H17N3O. The van der Waals surface area contributed by atoms with Gasteiger partial charge in [0.05, 0.1) is 6.54 Å². The van der Waals surface area contributed by atoms with Crippen LogP contribution < -0.4 is 11.3 Å². The molecule has 3 rings (SSSR count). The van der Waals surface area contributed by atoms with Gasteiger partial charge in [-0.2, -0.15) is 0 Å². The van der Waals surface area contributed by atoms with Crippen LogP contribution in [0.15, 0.2) is 41.5 Å². The molecule has 4 nitrogen and oxygen atoms in total. The zero-order chi connectivity index (χ0) is 13.2. The molecule has 0 fully saturated rings. The minimum absolute atomic E-state index is 0.0538. The number of nitrogens with zero attached hydrogens (tertiary/aromatic N) is 2. The molecule has 0 spiro atoms. The highest BCUT2D eigenvalue weighted by molar-refractivity contribution is 5.26.